The molecule has 2 atom stereocenters. The van der Waals surface area contributed by atoms with Gasteiger partial charge in [0.2, 0.25) is 5.95 Å². The van der Waals surface area contributed by atoms with Crippen molar-refractivity contribution in [3.63, 3.8) is 0 Å². The Bertz CT molecular complexity index is 1280. The molecule has 6 nitrogen and oxygen atoms in total. The van der Waals surface area contributed by atoms with Gasteiger partial charge in [-0.2, -0.15) is 26.3 Å². The lowest BCUT2D eigenvalue weighted by Gasteiger charge is -2.47. The molecule has 2 fully saturated rings. The highest BCUT2D eigenvalue weighted by atomic mass is 19.4. The third-order valence-corrected chi connectivity index (χ3v) is 7.54. The van der Waals surface area contributed by atoms with Crippen molar-refractivity contribution in [1.29, 1.82) is 0 Å². The van der Waals surface area contributed by atoms with Crippen molar-refractivity contribution in [1.82, 2.24) is 19.8 Å². The molecule has 40 heavy (non-hydrogen) atoms. The van der Waals surface area contributed by atoms with E-state index in [9.17, 15) is 31.1 Å². The van der Waals surface area contributed by atoms with Crippen molar-refractivity contribution in [3.8, 4) is 0 Å². The maximum Gasteiger partial charge on any atom is 0.416 e. The summed E-state index contributed by atoms with van der Waals surface area (Å²) in [6.45, 7) is 3.25. The molecule has 1 aromatic heterocycles. The van der Waals surface area contributed by atoms with Gasteiger partial charge in [-0.3, -0.25) is 9.69 Å². The van der Waals surface area contributed by atoms with Crippen molar-refractivity contribution in [2.24, 2.45) is 0 Å². The summed E-state index contributed by atoms with van der Waals surface area (Å²) in [6, 6.07) is 12.3. The van der Waals surface area contributed by atoms with E-state index >= 15 is 0 Å². The number of aromatic nitrogens is 2. The molecule has 5 rings (SSSR count). The third kappa shape index (κ3) is 6.06. The van der Waals surface area contributed by atoms with Crippen LogP contribution in [0.2, 0.25) is 0 Å². The number of nitrogens with zero attached hydrogens (tertiary/aromatic N) is 5. The summed E-state index contributed by atoms with van der Waals surface area (Å²) in [5.41, 5.74) is -2.66. The lowest BCUT2D eigenvalue weighted by Crippen LogP contribution is -2.56. The highest BCUT2D eigenvalue weighted by molar-refractivity contribution is 5.95. The second-order valence-corrected chi connectivity index (χ2v) is 9.99. The summed E-state index contributed by atoms with van der Waals surface area (Å²) < 4.78 is 80.5. The number of carbonyl (C=O) groups excluding carboxylic acids is 1. The van der Waals surface area contributed by atoms with Crippen LogP contribution in [0, 0.1) is 0 Å². The fourth-order valence-corrected chi connectivity index (χ4v) is 5.56. The predicted molar refractivity (Wildman–Crippen MR) is 136 cm³/mol. The molecular weight excluding hydrogens is 536 g/mol. The average molecular weight is 564 g/mol. The Hall–Kier alpha value is -3.67. The second-order valence-electron chi connectivity index (χ2n) is 9.99. The van der Waals surface area contributed by atoms with Crippen LogP contribution in [0.3, 0.4) is 0 Å². The minimum atomic E-state index is -5.03. The average Bonchev–Trinajstić information content (AvgIpc) is 2.96. The van der Waals surface area contributed by atoms with Gasteiger partial charge in [0.1, 0.15) is 0 Å². The van der Waals surface area contributed by atoms with E-state index in [1.165, 1.54) is 4.90 Å². The number of alkyl halides is 6. The van der Waals surface area contributed by atoms with Crippen LogP contribution >= 0.6 is 0 Å². The number of halogens is 6. The maximum absolute atomic E-state index is 13.4. The van der Waals surface area contributed by atoms with E-state index in [-0.39, 0.29) is 31.1 Å². The summed E-state index contributed by atoms with van der Waals surface area (Å²) in [7, 11) is 0. The van der Waals surface area contributed by atoms with Crippen molar-refractivity contribution in [3.05, 3.63) is 89.2 Å². The summed E-state index contributed by atoms with van der Waals surface area (Å²) >= 11 is 0. The number of amides is 1. The topological polar surface area (TPSA) is 52.6 Å². The molecule has 0 bridgehead atoms. The number of likely N-dealkylation sites (tertiary alicyclic amines) is 1. The van der Waals surface area contributed by atoms with E-state index in [1.54, 1.807) is 18.5 Å². The molecule has 0 aliphatic carbocycles. The van der Waals surface area contributed by atoms with Crippen LogP contribution in [-0.2, 0) is 12.4 Å². The molecule has 3 heterocycles. The molecule has 1 amide bonds. The fraction of sp³-hybridized carbons (Fsp3) is 0.393. The Morgan fingerprint density at radius 3 is 1.95 bits per heavy atom. The number of hydrogen-bond donors (Lipinski definition) is 0. The Balaban J connectivity index is 1.37. The van der Waals surface area contributed by atoms with Crippen molar-refractivity contribution < 1.29 is 31.1 Å². The van der Waals surface area contributed by atoms with Crippen LogP contribution in [0.1, 0.15) is 39.4 Å². The molecule has 0 saturated carbocycles. The Morgan fingerprint density at radius 1 is 0.775 bits per heavy atom. The highest BCUT2D eigenvalue weighted by Crippen LogP contribution is 2.38. The lowest BCUT2D eigenvalue weighted by atomic mass is 9.84. The van der Waals surface area contributed by atoms with Crippen molar-refractivity contribution in [2.45, 2.75) is 30.7 Å². The molecule has 2 aliphatic heterocycles. The first-order chi connectivity index (χ1) is 19.0. The largest absolute Gasteiger partial charge is 0.416 e. The normalized spacial score (nSPS) is 20.9. The van der Waals surface area contributed by atoms with Crippen LogP contribution in [0.25, 0.3) is 0 Å². The zero-order valence-corrected chi connectivity index (χ0v) is 21.4. The van der Waals surface area contributed by atoms with Crippen LogP contribution in [-0.4, -0.2) is 71.0 Å². The number of piperazine rings is 1. The number of rotatable bonds is 4. The minimum absolute atomic E-state index is 0.0376. The van der Waals surface area contributed by atoms with Crippen LogP contribution < -0.4 is 4.90 Å². The van der Waals surface area contributed by atoms with Crippen molar-refractivity contribution >= 4 is 11.9 Å². The van der Waals surface area contributed by atoms with Crippen LogP contribution in [0.15, 0.2) is 67.0 Å². The van der Waals surface area contributed by atoms with Crippen LogP contribution in [0.4, 0.5) is 32.3 Å². The molecule has 3 aromatic rings. The molecule has 0 spiro atoms. The van der Waals surface area contributed by atoms with E-state index in [1.807, 2.05) is 30.3 Å². The van der Waals surface area contributed by atoms with E-state index in [4.69, 9.17) is 0 Å². The predicted octanol–water partition coefficient (Wildman–Crippen LogP) is 5.33. The quantitative estimate of drug-likeness (QED) is 0.402. The van der Waals surface area contributed by atoms with Gasteiger partial charge in [-0.05, 0) is 36.2 Å². The van der Waals surface area contributed by atoms with Gasteiger partial charge in [-0.25, -0.2) is 9.97 Å². The number of anilines is 1. The molecule has 2 aliphatic rings. The van der Waals surface area contributed by atoms with Gasteiger partial charge in [-0.15, -0.1) is 0 Å². The highest BCUT2D eigenvalue weighted by Gasteiger charge is 2.40. The van der Waals surface area contributed by atoms with Gasteiger partial charge in [0, 0.05) is 69.2 Å². The summed E-state index contributed by atoms with van der Waals surface area (Å²) in [6.07, 6.45) is -6.15. The van der Waals surface area contributed by atoms with Gasteiger partial charge in [0.05, 0.1) is 11.1 Å². The SMILES string of the molecule is O=C(c1cc(C(F)(F)F)cc(C(F)(F)F)c1)N1CC[C@H](N2CCN(c3ncccn3)CC2)[C@H](c2ccccc2)C1. The first-order valence-corrected chi connectivity index (χ1v) is 12.9. The van der Waals surface area contributed by atoms with Gasteiger partial charge in [0.25, 0.3) is 5.91 Å². The molecule has 2 saturated heterocycles. The zero-order valence-electron chi connectivity index (χ0n) is 21.4. The molecule has 0 radical (unpaired) electrons. The summed E-state index contributed by atoms with van der Waals surface area (Å²) in [5, 5.41) is 0. The maximum atomic E-state index is 13.4. The van der Waals surface area contributed by atoms with E-state index in [0.717, 1.165) is 18.7 Å². The van der Waals surface area contributed by atoms with E-state index < -0.39 is 35.0 Å². The van der Waals surface area contributed by atoms with Gasteiger partial charge >= 0.3 is 12.4 Å². The van der Waals surface area contributed by atoms with E-state index in [2.05, 4.69) is 19.8 Å². The third-order valence-electron chi connectivity index (χ3n) is 7.54. The van der Waals surface area contributed by atoms with Crippen molar-refractivity contribution in [2.75, 3.05) is 44.2 Å². The van der Waals surface area contributed by atoms with Gasteiger partial charge in [-0.1, -0.05) is 30.3 Å². The van der Waals surface area contributed by atoms with E-state index in [0.29, 0.717) is 37.6 Å². The molecule has 0 N–H and O–H groups in total. The minimum Gasteiger partial charge on any atom is -0.338 e. The monoisotopic (exact) mass is 563 g/mol. The zero-order chi connectivity index (χ0) is 28.5. The summed E-state index contributed by atoms with van der Waals surface area (Å²) in [5.74, 6) is -0.366. The lowest BCUT2D eigenvalue weighted by molar-refractivity contribution is -0.143. The smallest absolute Gasteiger partial charge is 0.338 e. The molecule has 212 valence electrons. The Kier molecular flexibility index (Phi) is 7.72. The Morgan fingerprint density at radius 2 is 1.38 bits per heavy atom. The summed E-state index contributed by atoms with van der Waals surface area (Å²) in [4.78, 5) is 27.8. The Labute approximate surface area is 227 Å². The van der Waals surface area contributed by atoms with Gasteiger partial charge in [0.15, 0.2) is 0 Å². The fourth-order valence-electron chi connectivity index (χ4n) is 5.56. The first-order valence-electron chi connectivity index (χ1n) is 12.9. The standard InChI is InChI=1S/C28H27F6N5O/c29-27(30,31)21-15-20(16-22(17-21)28(32,33)34)25(40)39-10-7-24(23(18-39)19-5-2-1-3-6-19)37-11-13-38(14-12-37)26-35-8-4-9-36-26/h1-6,8-9,15-17,23-24H,7,10-14,18H2/t23-,24-/m0/s1. The van der Waals surface area contributed by atoms with Crippen LogP contribution in [0.5, 0.6) is 0 Å². The molecule has 0 unspecified atom stereocenters. The van der Waals surface area contributed by atoms with Gasteiger partial charge < -0.3 is 9.80 Å². The number of piperidine rings is 1. The number of carbonyl (C=O) groups is 1. The number of hydrogen-bond acceptors (Lipinski definition) is 5. The number of benzene rings is 2. The second kappa shape index (κ2) is 11.1. The molecule has 12 heteroatoms. The first kappa shape index (κ1) is 27.9. The molecular formula is C28H27F6N5O. The molecule has 2 aromatic carbocycles.